The van der Waals surface area contributed by atoms with Gasteiger partial charge in [0.15, 0.2) is 6.61 Å². The Balaban J connectivity index is 1.43. The van der Waals surface area contributed by atoms with Gasteiger partial charge < -0.3 is 9.26 Å². The Morgan fingerprint density at radius 3 is 2.62 bits per heavy atom. The molecule has 0 atom stereocenters. The Bertz CT molecular complexity index is 863. The summed E-state index contributed by atoms with van der Waals surface area (Å²) in [5.41, 5.74) is 1.83. The summed E-state index contributed by atoms with van der Waals surface area (Å²) in [6.07, 6.45) is 0.289. The fourth-order valence-corrected chi connectivity index (χ4v) is 2.96. The van der Waals surface area contributed by atoms with Gasteiger partial charge in [-0.25, -0.2) is 4.39 Å². The Kier molecular flexibility index (Phi) is 6.01. The van der Waals surface area contributed by atoms with Gasteiger partial charge in [0, 0.05) is 16.2 Å². The second kappa shape index (κ2) is 8.62. The molecule has 1 aromatic heterocycles. The van der Waals surface area contributed by atoms with Gasteiger partial charge >= 0.3 is 5.97 Å². The van der Waals surface area contributed by atoms with Crippen LogP contribution in [-0.4, -0.2) is 21.9 Å². The fourth-order valence-electron chi connectivity index (χ4n) is 2.13. The number of carbonyl (C=O) groups excluding carboxylic acids is 1. The average molecular weight is 372 g/mol. The number of ether oxygens (including phenoxy) is 1. The number of benzene rings is 2. The number of aryl methyl sites for hydroxylation is 1. The van der Waals surface area contributed by atoms with Crippen molar-refractivity contribution in [1.82, 2.24) is 10.1 Å². The maximum absolute atomic E-state index is 12.9. The molecule has 0 radical (unpaired) electrons. The third-order valence-corrected chi connectivity index (χ3v) is 4.54. The van der Waals surface area contributed by atoms with Crippen LogP contribution in [0.5, 0.6) is 0 Å². The monoisotopic (exact) mass is 372 g/mol. The highest BCUT2D eigenvalue weighted by Crippen LogP contribution is 2.19. The van der Waals surface area contributed by atoms with Crippen molar-refractivity contribution in [2.45, 2.75) is 24.8 Å². The average Bonchev–Trinajstić information content (AvgIpc) is 3.11. The summed E-state index contributed by atoms with van der Waals surface area (Å²) < 4.78 is 23.1. The van der Waals surface area contributed by atoms with E-state index in [9.17, 15) is 9.18 Å². The molecule has 0 aliphatic heterocycles. The zero-order chi connectivity index (χ0) is 18.4. The number of esters is 1. The Morgan fingerprint density at radius 2 is 1.88 bits per heavy atom. The molecule has 0 aliphatic carbocycles. The number of carbonyl (C=O) groups is 1. The smallest absolute Gasteiger partial charge is 0.307 e. The van der Waals surface area contributed by atoms with Crippen LogP contribution in [0.25, 0.3) is 11.4 Å². The van der Waals surface area contributed by atoms with Crippen LogP contribution in [0.2, 0.25) is 0 Å². The Hall–Kier alpha value is -2.67. The van der Waals surface area contributed by atoms with Gasteiger partial charge in [0.1, 0.15) is 5.82 Å². The maximum atomic E-state index is 12.9. The minimum Gasteiger partial charge on any atom is -0.456 e. The molecular weight excluding hydrogens is 355 g/mol. The van der Waals surface area contributed by atoms with Crippen molar-refractivity contribution in [3.63, 3.8) is 0 Å². The highest BCUT2D eigenvalue weighted by atomic mass is 32.2. The number of nitrogens with zero attached hydrogens (tertiary/aromatic N) is 2. The molecule has 0 bridgehead atoms. The summed E-state index contributed by atoms with van der Waals surface area (Å²) in [4.78, 5) is 17.1. The van der Waals surface area contributed by atoms with Gasteiger partial charge in [-0.05, 0) is 43.3 Å². The van der Waals surface area contributed by atoms with Crippen molar-refractivity contribution in [2.75, 3.05) is 5.75 Å². The van der Waals surface area contributed by atoms with E-state index in [2.05, 4.69) is 10.1 Å². The second-order valence-electron chi connectivity index (χ2n) is 5.59. The lowest BCUT2D eigenvalue weighted by Crippen LogP contribution is -2.05. The third-order valence-electron chi connectivity index (χ3n) is 3.52. The van der Waals surface area contributed by atoms with E-state index in [1.807, 2.05) is 31.2 Å². The van der Waals surface area contributed by atoms with Gasteiger partial charge in [0.05, 0.1) is 6.42 Å². The van der Waals surface area contributed by atoms with Crippen LogP contribution < -0.4 is 0 Å². The van der Waals surface area contributed by atoms with Crippen LogP contribution in [0.1, 0.15) is 17.9 Å². The first kappa shape index (κ1) is 18.1. The molecule has 0 aliphatic rings. The number of aromatic nitrogens is 2. The molecule has 3 rings (SSSR count). The van der Waals surface area contributed by atoms with Gasteiger partial charge in [-0.15, -0.1) is 11.8 Å². The maximum Gasteiger partial charge on any atom is 0.307 e. The first-order valence-corrected chi connectivity index (χ1v) is 9.02. The number of halogens is 1. The molecule has 0 amide bonds. The van der Waals surface area contributed by atoms with E-state index in [1.165, 1.54) is 17.7 Å². The van der Waals surface area contributed by atoms with Crippen molar-refractivity contribution in [3.8, 4) is 11.4 Å². The first-order chi connectivity index (χ1) is 12.6. The van der Waals surface area contributed by atoms with Crippen LogP contribution in [0, 0.1) is 12.7 Å². The van der Waals surface area contributed by atoms with E-state index in [0.717, 1.165) is 4.90 Å². The molecule has 0 unspecified atom stereocenters. The zero-order valence-corrected chi connectivity index (χ0v) is 15.0. The van der Waals surface area contributed by atoms with Gasteiger partial charge in [0.25, 0.3) is 5.89 Å². The predicted octanol–water partition coefficient (Wildman–Crippen LogP) is 4.41. The quantitative estimate of drug-likeness (QED) is 0.452. The molecule has 5 nitrogen and oxygen atoms in total. The largest absolute Gasteiger partial charge is 0.456 e. The fraction of sp³-hybridized carbons (Fsp3) is 0.211. The van der Waals surface area contributed by atoms with Crippen LogP contribution in [0.4, 0.5) is 4.39 Å². The molecule has 0 saturated heterocycles. The van der Waals surface area contributed by atoms with E-state index < -0.39 is 0 Å². The van der Waals surface area contributed by atoms with Gasteiger partial charge in [0.2, 0.25) is 5.82 Å². The van der Waals surface area contributed by atoms with Crippen LogP contribution in [-0.2, 0) is 16.1 Å². The summed E-state index contributed by atoms with van der Waals surface area (Å²) in [6, 6.07) is 13.9. The number of rotatable bonds is 7. The molecular formula is C19H17FN2O3S. The topological polar surface area (TPSA) is 65.2 Å². The third kappa shape index (κ3) is 5.16. The molecule has 3 aromatic rings. The predicted molar refractivity (Wildman–Crippen MR) is 96.0 cm³/mol. The molecule has 0 fully saturated rings. The number of hydrogen-bond acceptors (Lipinski definition) is 6. The second-order valence-corrected chi connectivity index (χ2v) is 6.76. The normalized spacial score (nSPS) is 10.7. The highest BCUT2D eigenvalue weighted by Gasteiger charge is 2.11. The summed E-state index contributed by atoms with van der Waals surface area (Å²) in [5, 5.41) is 3.80. The molecule has 7 heteroatoms. The highest BCUT2D eigenvalue weighted by molar-refractivity contribution is 7.99. The summed E-state index contributed by atoms with van der Waals surface area (Å²) >= 11 is 1.60. The Morgan fingerprint density at radius 1 is 1.15 bits per heavy atom. The van der Waals surface area contributed by atoms with Crippen molar-refractivity contribution < 1.29 is 18.4 Å². The standard InChI is InChI=1S/C19H17FN2O3S/c1-13-2-8-16(9-3-13)26-11-10-18(23)24-12-17-21-19(22-25-17)14-4-6-15(20)7-5-14/h2-9H,10-12H2,1H3. The SMILES string of the molecule is Cc1ccc(SCCC(=O)OCc2nc(-c3ccc(F)cc3)no2)cc1. The molecule has 1 heterocycles. The van der Waals surface area contributed by atoms with Crippen LogP contribution in [0.3, 0.4) is 0 Å². The summed E-state index contributed by atoms with van der Waals surface area (Å²) in [7, 11) is 0. The summed E-state index contributed by atoms with van der Waals surface area (Å²) in [6.45, 7) is 1.95. The van der Waals surface area contributed by atoms with Gasteiger partial charge in [-0.3, -0.25) is 4.79 Å². The summed E-state index contributed by atoms with van der Waals surface area (Å²) in [5.74, 6) is 0.489. The molecule has 2 aromatic carbocycles. The number of thioether (sulfide) groups is 1. The van der Waals surface area contributed by atoms with Crippen molar-refractivity contribution in [2.24, 2.45) is 0 Å². The first-order valence-electron chi connectivity index (χ1n) is 8.04. The minimum atomic E-state index is -0.338. The van der Waals surface area contributed by atoms with E-state index in [0.29, 0.717) is 17.1 Å². The molecule has 0 N–H and O–H groups in total. The van der Waals surface area contributed by atoms with E-state index >= 15 is 0 Å². The van der Waals surface area contributed by atoms with E-state index in [4.69, 9.17) is 9.26 Å². The van der Waals surface area contributed by atoms with E-state index in [1.54, 1.807) is 23.9 Å². The van der Waals surface area contributed by atoms with Crippen LogP contribution >= 0.6 is 11.8 Å². The van der Waals surface area contributed by atoms with Crippen molar-refractivity contribution in [1.29, 1.82) is 0 Å². The lowest BCUT2D eigenvalue weighted by atomic mass is 10.2. The van der Waals surface area contributed by atoms with Gasteiger partial charge in [-0.1, -0.05) is 22.9 Å². The zero-order valence-electron chi connectivity index (χ0n) is 14.1. The molecule has 0 saturated carbocycles. The van der Waals surface area contributed by atoms with Crippen molar-refractivity contribution >= 4 is 17.7 Å². The lowest BCUT2D eigenvalue weighted by molar-refractivity contribution is -0.145. The minimum absolute atomic E-state index is 0.0811. The molecule has 26 heavy (non-hydrogen) atoms. The molecule has 134 valence electrons. The number of hydrogen-bond donors (Lipinski definition) is 0. The van der Waals surface area contributed by atoms with Gasteiger partial charge in [-0.2, -0.15) is 4.98 Å². The lowest BCUT2D eigenvalue weighted by Gasteiger charge is -2.03. The van der Waals surface area contributed by atoms with Crippen LogP contribution in [0.15, 0.2) is 57.9 Å². The van der Waals surface area contributed by atoms with E-state index in [-0.39, 0.29) is 30.7 Å². The Labute approximate surface area is 154 Å². The van der Waals surface area contributed by atoms with Crippen molar-refractivity contribution in [3.05, 3.63) is 65.8 Å². The molecule has 0 spiro atoms.